The van der Waals surface area contributed by atoms with Crippen LogP contribution >= 0.6 is 15.9 Å². The molecule has 1 atom stereocenters. The molecule has 1 N–H and O–H groups in total. The average Bonchev–Trinajstić information content (AvgIpc) is 2.73. The minimum absolute atomic E-state index is 0.0423. The molecule has 0 aliphatic carbocycles. The number of nitrogens with one attached hydrogen (secondary N) is 1. The summed E-state index contributed by atoms with van der Waals surface area (Å²) in [7, 11) is 0. The number of aryl methyl sites for hydroxylation is 1. The van der Waals surface area contributed by atoms with Crippen molar-refractivity contribution in [1.82, 2.24) is 0 Å². The third-order valence-electron chi connectivity index (χ3n) is 4.84. The fourth-order valence-corrected chi connectivity index (χ4v) is 3.96. The van der Waals surface area contributed by atoms with E-state index in [0.29, 0.717) is 12.2 Å². The van der Waals surface area contributed by atoms with Crippen LogP contribution in [0.2, 0.25) is 0 Å². The molecule has 0 fully saturated rings. The molecule has 5 heteroatoms. The van der Waals surface area contributed by atoms with Crippen molar-refractivity contribution >= 4 is 33.2 Å². The second-order valence-electron chi connectivity index (χ2n) is 6.89. The molecule has 3 aromatic rings. The van der Waals surface area contributed by atoms with Crippen molar-refractivity contribution in [2.45, 2.75) is 13.1 Å². The van der Waals surface area contributed by atoms with Crippen molar-refractivity contribution in [3.63, 3.8) is 0 Å². The molecule has 1 unspecified atom stereocenters. The summed E-state index contributed by atoms with van der Waals surface area (Å²) in [6.07, 6.45) is 1.32. The molecule has 1 amide bonds. The minimum atomic E-state index is -0.388. The molecular weight excluding hydrogens is 428 g/mol. The van der Waals surface area contributed by atoms with Crippen LogP contribution in [0.25, 0.3) is 0 Å². The van der Waals surface area contributed by atoms with Crippen molar-refractivity contribution in [3.8, 4) is 5.75 Å². The van der Waals surface area contributed by atoms with Gasteiger partial charge in [-0.1, -0.05) is 52.9 Å². The monoisotopic (exact) mass is 448 g/mol. The normalized spacial score (nSPS) is 15.4. The van der Waals surface area contributed by atoms with E-state index >= 15 is 0 Å². The maximum atomic E-state index is 13.5. The molecular formula is C24H21BrN2O2. The number of fused-ring (bicyclic) bond motifs is 1. The number of hydrogen-bond acceptors (Lipinski definition) is 3. The molecule has 1 aliphatic rings. The second kappa shape index (κ2) is 8.13. The Morgan fingerprint density at radius 1 is 1.14 bits per heavy atom. The molecule has 0 bridgehead atoms. The van der Waals surface area contributed by atoms with Crippen LogP contribution in [-0.4, -0.2) is 12.5 Å². The van der Waals surface area contributed by atoms with Gasteiger partial charge in [-0.05, 0) is 55.0 Å². The molecule has 0 spiro atoms. The van der Waals surface area contributed by atoms with Gasteiger partial charge in [-0.15, -0.1) is 0 Å². The van der Waals surface area contributed by atoms with Crippen LogP contribution in [0.1, 0.15) is 27.7 Å². The van der Waals surface area contributed by atoms with Gasteiger partial charge in [-0.25, -0.2) is 0 Å². The van der Waals surface area contributed by atoms with Gasteiger partial charge in [0.15, 0.2) is 0 Å². The number of anilines is 2. The van der Waals surface area contributed by atoms with E-state index in [-0.39, 0.29) is 12.1 Å². The van der Waals surface area contributed by atoms with E-state index in [2.05, 4.69) is 27.8 Å². The smallest absolute Gasteiger partial charge is 0.262 e. The van der Waals surface area contributed by atoms with E-state index in [1.54, 1.807) is 11.0 Å². The van der Waals surface area contributed by atoms with Crippen molar-refractivity contribution in [2.75, 3.05) is 16.8 Å². The molecule has 4 nitrogen and oxygen atoms in total. The van der Waals surface area contributed by atoms with Gasteiger partial charge >= 0.3 is 0 Å². The largest absolute Gasteiger partial charge is 0.490 e. The number of benzene rings is 3. The third-order valence-corrected chi connectivity index (χ3v) is 5.56. The Morgan fingerprint density at radius 3 is 2.76 bits per heavy atom. The molecule has 0 saturated heterocycles. The van der Waals surface area contributed by atoms with E-state index in [9.17, 15) is 4.79 Å². The van der Waals surface area contributed by atoms with Gasteiger partial charge in [0.05, 0.1) is 5.56 Å². The summed E-state index contributed by atoms with van der Waals surface area (Å²) >= 11 is 3.65. The van der Waals surface area contributed by atoms with Crippen LogP contribution in [0.15, 0.2) is 83.9 Å². The fourth-order valence-electron chi connectivity index (χ4n) is 3.49. The van der Waals surface area contributed by atoms with Crippen molar-refractivity contribution in [3.05, 3.63) is 101 Å². The molecule has 1 aliphatic heterocycles. The Bertz CT molecular complexity index is 1080. The predicted molar refractivity (Wildman–Crippen MR) is 121 cm³/mol. The summed E-state index contributed by atoms with van der Waals surface area (Å²) in [4.78, 5) is 15.3. The summed E-state index contributed by atoms with van der Waals surface area (Å²) in [5.74, 6) is 0.680. The summed E-state index contributed by atoms with van der Waals surface area (Å²) in [5.41, 5.74) is 4.31. The first-order valence-corrected chi connectivity index (χ1v) is 10.2. The number of halogens is 1. The number of nitrogens with zero attached hydrogens (tertiary/aromatic N) is 1. The van der Waals surface area contributed by atoms with E-state index in [4.69, 9.17) is 4.74 Å². The van der Waals surface area contributed by atoms with E-state index in [1.807, 2.05) is 73.7 Å². The Labute approximate surface area is 178 Å². The highest BCUT2D eigenvalue weighted by molar-refractivity contribution is 9.10. The van der Waals surface area contributed by atoms with E-state index < -0.39 is 0 Å². The second-order valence-corrected chi connectivity index (χ2v) is 7.74. The molecule has 4 rings (SSSR count). The predicted octanol–water partition coefficient (Wildman–Crippen LogP) is 6.09. The molecule has 1 heterocycles. The van der Waals surface area contributed by atoms with E-state index in [0.717, 1.165) is 32.7 Å². The summed E-state index contributed by atoms with van der Waals surface area (Å²) in [6.45, 7) is 6.14. The lowest BCUT2D eigenvalue weighted by atomic mass is 10.0. The molecule has 3 aromatic carbocycles. The fraction of sp³-hybridized carbons (Fsp3) is 0.125. The zero-order valence-electron chi connectivity index (χ0n) is 16.1. The van der Waals surface area contributed by atoms with Crippen LogP contribution in [0.4, 0.5) is 11.4 Å². The van der Waals surface area contributed by atoms with Gasteiger partial charge in [0.1, 0.15) is 18.5 Å². The summed E-state index contributed by atoms with van der Waals surface area (Å²) in [5, 5.41) is 3.54. The highest BCUT2D eigenvalue weighted by atomic mass is 79.9. The SMILES string of the molecule is C=CCOc1ccc(Br)c(C2Nc3ccccc3C(=O)N2c2cccc(C)c2)c1. The number of ether oxygens (including phenoxy) is 1. The number of rotatable bonds is 5. The summed E-state index contributed by atoms with van der Waals surface area (Å²) in [6, 6.07) is 21.3. The third kappa shape index (κ3) is 3.78. The highest BCUT2D eigenvalue weighted by Crippen LogP contribution is 2.40. The number of carbonyl (C=O) groups excluding carboxylic acids is 1. The quantitative estimate of drug-likeness (QED) is 0.479. The Morgan fingerprint density at radius 2 is 1.97 bits per heavy atom. The van der Waals surface area contributed by atoms with Gasteiger partial charge in [0.2, 0.25) is 0 Å². The standard InChI is InChI=1S/C24H21BrN2O2/c1-3-13-29-18-11-12-21(25)20(15-18)23-26-22-10-5-4-9-19(22)24(28)27(23)17-8-6-7-16(2)14-17/h3-12,14-15,23,26H,1,13H2,2H3. The lowest BCUT2D eigenvalue weighted by Crippen LogP contribution is -2.43. The lowest BCUT2D eigenvalue weighted by molar-refractivity contribution is 0.0975. The Balaban J connectivity index is 1.85. The number of hydrogen-bond donors (Lipinski definition) is 1. The summed E-state index contributed by atoms with van der Waals surface area (Å²) < 4.78 is 6.62. The number of carbonyl (C=O) groups is 1. The van der Waals surface area contributed by atoms with Gasteiger partial charge in [-0.3, -0.25) is 9.69 Å². The number of para-hydroxylation sites is 1. The average molecular weight is 449 g/mol. The zero-order chi connectivity index (χ0) is 20.4. The molecule has 0 radical (unpaired) electrons. The van der Waals surface area contributed by atoms with Crippen molar-refractivity contribution < 1.29 is 9.53 Å². The molecule has 29 heavy (non-hydrogen) atoms. The van der Waals surface area contributed by atoms with Crippen molar-refractivity contribution in [2.24, 2.45) is 0 Å². The molecule has 0 saturated carbocycles. The van der Waals surface area contributed by atoms with Crippen LogP contribution < -0.4 is 15.0 Å². The van der Waals surface area contributed by atoms with Crippen LogP contribution in [0.5, 0.6) is 5.75 Å². The zero-order valence-corrected chi connectivity index (χ0v) is 17.6. The van der Waals surface area contributed by atoms with Crippen molar-refractivity contribution in [1.29, 1.82) is 0 Å². The van der Waals surface area contributed by atoms with E-state index in [1.165, 1.54) is 0 Å². The number of amides is 1. The highest BCUT2D eigenvalue weighted by Gasteiger charge is 2.35. The van der Waals surface area contributed by atoms with Crippen LogP contribution in [0, 0.1) is 6.92 Å². The maximum absolute atomic E-state index is 13.5. The van der Waals surface area contributed by atoms with Gasteiger partial charge in [0, 0.05) is 21.4 Å². The van der Waals surface area contributed by atoms with Gasteiger partial charge in [0.25, 0.3) is 5.91 Å². The first kappa shape index (κ1) is 19.3. The topological polar surface area (TPSA) is 41.6 Å². The first-order valence-electron chi connectivity index (χ1n) is 9.37. The lowest BCUT2D eigenvalue weighted by Gasteiger charge is -2.38. The van der Waals surface area contributed by atoms with Crippen LogP contribution in [-0.2, 0) is 0 Å². The Kier molecular flexibility index (Phi) is 5.41. The maximum Gasteiger partial charge on any atom is 0.262 e. The van der Waals surface area contributed by atoms with Gasteiger partial charge < -0.3 is 10.1 Å². The molecule has 0 aromatic heterocycles. The van der Waals surface area contributed by atoms with Gasteiger partial charge in [-0.2, -0.15) is 0 Å². The van der Waals surface area contributed by atoms with Crippen LogP contribution in [0.3, 0.4) is 0 Å². The molecule has 146 valence electrons. The Hall–Kier alpha value is -3.05. The minimum Gasteiger partial charge on any atom is -0.490 e. The first-order chi connectivity index (χ1) is 14.1.